The van der Waals surface area contributed by atoms with Crippen molar-refractivity contribution in [2.75, 3.05) is 15.5 Å². The first kappa shape index (κ1) is 22.6. The Kier molecular flexibility index (Phi) is 5.95. The lowest BCUT2D eigenvalue weighted by Gasteiger charge is -2.40. The van der Waals surface area contributed by atoms with Crippen LogP contribution < -0.4 is 15.5 Å². The van der Waals surface area contributed by atoms with Crippen LogP contribution in [-0.2, 0) is 9.59 Å². The molecule has 2 heterocycles. The number of pyridine rings is 1. The Morgan fingerprint density at radius 3 is 2.54 bits per heavy atom. The smallest absolute Gasteiger partial charge is 0.224 e. The van der Waals surface area contributed by atoms with E-state index in [1.807, 2.05) is 59.5 Å². The lowest BCUT2D eigenvalue weighted by molar-refractivity contribution is -0.117. The molecule has 0 fully saturated rings. The van der Waals surface area contributed by atoms with Crippen LogP contribution in [0.25, 0.3) is 22.0 Å². The highest BCUT2D eigenvalue weighted by Crippen LogP contribution is 2.42. The van der Waals surface area contributed by atoms with Gasteiger partial charge in [0.05, 0.1) is 11.6 Å². The summed E-state index contributed by atoms with van der Waals surface area (Å²) in [5.74, 6) is -0.0699. The van der Waals surface area contributed by atoms with E-state index in [1.165, 1.54) is 6.92 Å². The summed E-state index contributed by atoms with van der Waals surface area (Å²) in [4.78, 5) is 30.5. The molecule has 2 unspecified atom stereocenters. The summed E-state index contributed by atoms with van der Waals surface area (Å²) in [6, 6.07) is 24.2. The first-order valence-corrected chi connectivity index (χ1v) is 11.8. The van der Waals surface area contributed by atoms with Crippen molar-refractivity contribution in [1.82, 2.24) is 4.98 Å². The predicted octanol–water partition coefficient (Wildman–Crippen LogP) is 6.16. The van der Waals surface area contributed by atoms with E-state index in [2.05, 4.69) is 40.7 Å². The van der Waals surface area contributed by atoms with Gasteiger partial charge in [-0.3, -0.25) is 14.6 Å². The Hall–Kier alpha value is -4.19. The highest BCUT2D eigenvalue weighted by atomic mass is 16.2. The second-order valence-electron chi connectivity index (χ2n) is 9.08. The molecule has 176 valence electrons. The third kappa shape index (κ3) is 4.47. The van der Waals surface area contributed by atoms with Gasteiger partial charge in [0.1, 0.15) is 0 Å². The van der Waals surface area contributed by atoms with Gasteiger partial charge in [-0.2, -0.15) is 0 Å². The second-order valence-corrected chi connectivity index (χ2v) is 9.08. The summed E-state index contributed by atoms with van der Waals surface area (Å²) in [5.41, 5.74) is 6.74. The lowest BCUT2D eigenvalue weighted by atomic mass is 9.88. The van der Waals surface area contributed by atoms with Gasteiger partial charge >= 0.3 is 0 Å². The van der Waals surface area contributed by atoms with Gasteiger partial charge in [0, 0.05) is 48.5 Å². The number of aromatic nitrogens is 1. The number of nitrogens with one attached hydrogen (secondary N) is 2. The Labute approximate surface area is 205 Å². The molecule has 0 saturated carbocycles. The highest BCUT2D eigenvalue weighted by Gasteiger charge is 2.33. The molecule has 0 saturated heterocycles. The Morgan fingerprint density at radius 2 is 1.74 bits per heavy atom. The number of fused-ring (bicyclic) bond motifs is 2. The van der Waals surface area contributed by atoms with Crippen molar-refractivity contribution in [3.63, 3.8) is 0 Å². The number of amides is 2. The largest absolute Gasteiger partial charge is 0.378 e. The zero-order valence-corrected chi connectivity index (χ0v) is 20.1. The van der Waals surface area contributed by atoms with Gasteiger partial charge in [-0.1, -0.05) is 24.3 Å². The molecule has 4 aromatic rings. The van der Waals surface area contributed by atoms with E-state index in [9.17, 15) is 9.59 Å². The molecule has 0 spiro atoms. The molecule has 6 nitrogen and oxygen atoms in total. The summed E-state index contributed by atoms with van der Waals surface area (Å²) in [7, 11) is 0. The van der Waals surface area contributed by atoms with Gasteiger partial charge in [0.15, 0.2) is 0 Å². The van der Waals surface area contributed by atoms with Crippen molar-refractivity contribution in [2.24, 2.45) is 0 Å². The van der Waals surface area contributed by atoms with E-state index < -0.39 is 0 Å². The number of hydrogen-bond donors (Lipinski definition) is 2. The zero-order chi connectivity index (χ0) is 24.5. The minimum Gasteiger partial charge on any atom is -0.378 e. The number of anilines is 3. The van der Waals surface area contributed by atoms with Crippen LogP contribution in [0.2, 0.25) is 0 Å². The van der Waals surface area contributed by atoms with Crippen molar-refractivity contribution in [3.05, 3.63) is 84.6 Å². The van der Waals surface area contributed by atoms with E-state index in [0.29, 0.717) is 0 Å². The topological polar surface area (TPSA) is 74.3 Å². The first-order valence-electron chi connectivity index (χ1n) is 11.8. The van der Waals surface area contributed by atoms with Crippen LogP contribution in [0.15, 0.2) is 79.0 Å². The van der Waals surface area contributed by atoms with Crippen LogP contribution in [0.5, 0.6) is 0 Å². The maximum absolute atomic E-state index is 12.6. The van der Waals surface area contributed by atoms with Gasteiger partial charge in [-0.15, -0.1) is 0 Å². The molecule has 0 radical (unpaired) electrons. The molecule has 0 aliphatic carbocycles. The standard InChI is InChI=1S/C29H28N4O2/c1-18-15-28(32-27-11-5-10-26-24(27)9-6-14-30-26)25-17-22(12-13-29(25)33(18)20(3)35)21-7-4-8-23(16-21)31-19(2)34/h4-14,16-18,28,32H,15H2,1-3H3,(H,31,34). The van der Waals surface area contributed by atoms with Crippen molar-refractivity contribution in [1.29, 1.82) is 0 Å². The fourth-order valence-electron chi connectivity index (χ4n) is 5.06. The number of hydrogen-bond acceptors (Lipinski definition) is 4. The van der Waals surface area contributed by atoms with Gasteiger partial charge in [-0.05, 0) is 78.6 Å². The molecule has 2 amide bonds. The van der Waals surface area contributed by atoms with Crippen LogP contribution in [0.1, 0.15) is 38.8 Å². The predicted molar refractivity (Wildman–Crippen MR) is 142 cm³/mol. The molecule has 6 heteroatoms. The lowest BCUT2D eigenvalue weighted by Crippen LogP contribution is -2.43. The third-order valence-corrected chi connectivity index (χ3v) is 6.51. The molecule has 5 rings (SSSR count). The number of rotatable bonds is 4. The second kappa shape index (κ2) is 9.22. The maximum atomic E-state index is 12.6. The van der Waals surface area contributed by atoms with Gasteiger partial charge in [-0.25, -0.2) is 0 Å². The number of carbonyl (C=O) groups excluding carboxylic acids is 2. The molecule has 0 bridgehead atoms. The summed E-state index contributed by atoms with van der Waals surface area (Å²) in [5, 5.41) is 7.67. The minimum atomic E-state index is -0.104. The average molecular weight is 465 g/mol. The molecule has 3 aromatic carbocycles. The summed E-state index contributed by atoms with van der Waals surface area (Å²) >= 11 is 0. The number of carbonyl (C=O) groups is 2. The molecular weight excluding hydrogens is 436 g/mol. The highest BCUT2D eigenvalue weighted by molar-refractivity contribution is 5.95. The van der Waals surface area contributed by atoms with E-state index in [1.54, 1.807) is 13.1 Å². The van der Waals surface area contributed by atoms with Crippen LogP contribution in [0.3, 0.4) is 0 Å². The average Bonchev–Trinajstić information content (AvgIpc) is 2.83. The summed E-state index contributed by atoms with van der Waals surface area (Å²) in [6.07, 6.45) is 2.58. The molecule has 2 atom stereocenters. The van der Waals surface area contributed by atoms with E-state index in [-0.39, 0.29) is 23.9 Å². The Balaban J connectivity index is 1.59. The third-order valence-electron chi connectivity index (χ3n) is 6.51. The van der Waals surface area contributed by atoms with Crippen LogP contribution in [0, 0.1) is 0 Å². The Bertz CT molecular complexity index is 1430. The number of nitrogens with zero attached hydrogens (tertiary/aromatic N) is 2. The molecule has 1 aliphatic heterocycles. The van der Waals surface area contributed by atoms with Crippen molar-refractivity contribution >= 4 is 39.8 Å². The van der Waals surface area contributed by atoms with Crippen molar-refractivity contribution < 1.29 is 9.59 Å². The fraction of sp³-hybridized carbons (Fsp3) is 0.207. The molecule has 1 aliphatic rings. The van der Waals surface area contributed by atoms with E-state index in [4.69, 9.17) is 0 Å². The van der Waals surface area contributed by atoms with E-state index in [0.717, 1.165) is 51.1 Å². The molecule has 35 heavy (non-hydrogen) atoms. The van der Waals surface area contributed by atoms with Crippen LogP contribution >= 0.6 is 0 Å². The van der Waals surface area contributed by atoms with Crippen molar-refractivity contribution in [2.45, 2.75) is 39.3 Å². The van der Waals surface area contributed by atoms with Gasteiger partial charge in [0.25, 0.3) is 0 Å². The monoisotopic (exact) mass is 464 g/mol. The van der Waals surface area contributed by atoms with E-state index >= 15 is 0 Å². The van der Waals surface area contributed by atoms with Crippen LogP contribution in [-0.4, -0.2) is 22.8 Å². The summed E-state index contributed by atoms with van der Waals surface area (Å²) < 4.78 is 0. The van der Waals surface area contributed by atoms with Gasteiger partial charge < -0.3 is 15.5 Å². The van der Waals surface area contributed by atoms with Crippen molar-refractivity contribution in [3.8, 4) is 11.1 Å². The summed E-state index contributed by atoms with van der Waals surface area (Å²) in [6.45, 7) is 5.21. The quantitative estimate of drug-likeness (QED) is 0.379. The maximum Gasteiger partial charge on any atom is 0.224 e. The zero-order valence-electron chi connectivity index (χ0n) is 20.1. The molecular formula is C29H28N4O2. The van der Waals surface area contributed by atoms with Gasteiger partial charge in [0.2, 0.25) is 11.8 Å². The number of benzene rings is 3. The molecule has 1 aromatic heterocycles. The molecule has 2 N–H and O–H groups in total. The minimum absolute atomic E-state index is 0.0138. The SMILES string of the molecule is CC(=O)Nc1cccc(-c2ccc3c(c2)C(Nc2cccc4ncccc24)CC(C)N3C(C)=O)c1. The normalized spacial score (nSPS) is 17.1. The first-order chi connectivity index (χ1) is 16.9. The van der Waals surface area contributed by atoms with Crippen LogP contribution in [0.4, 0.5) is 17.1 Å². The fourth-order valence-corrected chi connectivity index (χ4v) is 5.06. The Morgan fingerprint density at radius 1 is 0.943 bits per heavy atom.